The van der Waals surface area contributed by atoms with E-state index in [1.165, 1.54) is 24.0 Å². The summed E-state index contributed by atoms with van der Waals surface area (Å²) >= 11 is 0. The predicted molar refractivity (Wildman–Crippen MR) is 82.7 cm³/mol. The highest BCUT2D eigenvalue weighted by Crippen LogP contribution is 2.21. The van der Waals surface area contributed by atoms with Crippen molar-refractivity contribution in [2.75, 3.05) is 13.2 Å². The summed E-state index contributed by atoms with van der Waals surface area (Å²) in [7, 11) is 0. The van der Waals surface area contributed by atoms with Gasteiger partial charge in [0.15, 0.2) is 0 Å². The van der Waals surface area contributed by atoms with Crippen LogP contribution in [0.3, 0.4) is 0 Å². The first-order chi connectivity index (χ1) is 9.17. The molecule has 0 aliphatic rings. The second kappa shape index (κ2) is 8.98. The van der Waals surface area contributed by atoms with Crippen molar-refractivity contribution in [2.24, 2.45) is 5.92 Å². The first-order valence-electron chi connectivity index (χ1n) is 7.60. The van der Waals surface area contributed by atoms with Gasteiger partial charge < -0.3 is 10.1 Å². The van der Waals surface area contributed by atoms with Crippen LogP contribution < -0.4 is 10.1 Å². The number of hydrogen-bond acceptors (Lipinski definition) is 2. The molecule has 0 radical (unpaired) electrons. The Labute approximate surface area is 118 Å². The number of rotatable bonds is 9. The van der Waals surface area contributed by atoms with Gasteiger partial charge in [-0.15, -0.1) is 0 Å². The van der Waals surface area contributed by atoms with E-state index in [2.05, 4.69) is 51.2 Å². The summed E-state index contributed by atoms with van der Waals surface area (Å²) in [6.07, 6.45) is 3.62. The van der Waals surface area contributed by atoms with Crippen LogP contribution in [-0.4, -0.2) is 13.2 Å². The van der Waals surface area contributed by atoms with Crippen LogP contribution in [0.2, 0.25) is 0 Å². The minimum absolute atomic E-state index is 0.628. The summed E-state index contributed by atoms with van der Waals surface area (Å²) in [5.74, 6) is 1.67. The summed E-state index contributed by atoms with van der Waals surface area (Å²) < 4.78 is 6.00. The summed E-state index contributed by atoms with van der Waals surface area (Å²) in [6.45, 7) is 11.6. The predicted octanol–water partition coefficient (Wildman–Crippen LogP) is 4.31. The summed E-state index contributed by atoms with van der Waals surface area (Å²) in [5.41, 5.74) is 2.57. The molecule has 1 atom stereocenters. The maximum Gasteiger partial charge on any atom is 0.123 e. The smallest absolute Gasteiger partial charge is 0.123 e. The lowest BCUT2D eigenvalue weighted by Gasteiger charge is -2.16. The Kier molecular flexibility index (Phi) is 7.57. The summed E-state index contributed by atoms with van der Waals surface area (Å²) in [4.78, 5) is 0. The Balaban J connectivity index is 2.59. The van der Waals surface area contributed by atoms with E-state index in [4.69, 9.17) is 4.74 Å². The van der Waals surface area contributed by atoms with Crippen LogP contribution >= 0.6 is 0 Å². The molecule has 0 bridgehead atoms. The zero-order chi connectivity index (χ0) is 14.1. The molecule has 0 fully saturated rings. The monoisotopic (exact) mass is 263 g/mol. The fourth-order valence-corrected chi connectivity index (χ4v) is 2.20. The Bertz CT molecular complexity index is 362. The van der Waals surface area contributed by atoms with E-state index in [1.807, 2.05) is 0 Å². The highest BCUT2D eigenvalue weighted by molar-refractivity contribution is 5.36. The van der Waals surface area contributed by atoms with E-state index in [1.54, 1.807) is 0 Å². The number of nitrogens with one attached hydrogen (secondary N) is 1. The number of ether oxygens (including phenoxy) is 1. The van der Waals surface area contributed by atoms with Gasteiger partial charge in [-0.05, 0) is 38.3 Å². The molecule has 0 saturated carbocycles. The van der Waals surface area contributed by atoms with Gasteiger partial charge in [0.05, 0.1) is 6.61 Å². The number of hydrogen-bond donors (Lipinski definition) is 1. The molecule has 0 aliphatic heterocycles. The quantitative estimate of drug-likeness (QED) is 0.670. The SMILES string of the molecule is CCCNCc1cc(C)ccc1OCC(C)CCC. The lowest BCUT2D eigenvalue weighted by Crippen LogP contribution is -2.16. The van der Waals surface area contributed by atoms with E-state index in [0.717, 1.165) is 31.9 Å². The third-order valence-electron chi connectivity index (χ3n) is 3.26. The number of aryl methyl sites for hydroxylation is 1. The summed E-state index contributed by atoms with van der Waals surface area (Å²) in [5, 5.41) is 3.45. The van der Waals surface area contributed by atoms with Crippen molar-refractivity contribution in [3.05, 3.63) is 29.3 Å². The van der Waals surface area contributed by atoms with Gasteiger partial charge in [0.1, 0.15) is 5.75 Å². The normalized spacial score (nSPS) is 12.4. The molecule has 108 valence electrons. The van der Waals surface area contributed by atoms with Crippen LogP contribution in [0.15, 0.2) is 18.2 Å². The van der Waals surface area contributed by atoms with E-state index in [9.17, 15) is 0 Å². The molecule has 1 aromatic carbocycles. The molecule has 1 N–H and O–H groups in total. The maximum atomic E-state index is 6.00. The molecule has 1 aromatic rings. The molecule has 0 spiro atoms. The van der Waals surface area contributed by atoms with Crippen molar-refractivity contribution < 1.29 is 4.74 Å². The lowest BCUT2D eigenvalue weighted by molar-refractivity contribution is 0.249. The van der Waals surface area contributed by atoms with E-state index in [0.29, 0.717) is 5.92 Å². The molecule has 2 heteroatoms. The van der Waals surface area contributed by atoms with Crippen LogP contribution in [0.5, 0.6) is 5.75 Å². The van der Waals surface area contributed by atoms with Crippen LogP contribution in [0.4, 0.5) is 0 Å². The molecule has 0 saturated heterocycles. The first kappa shape index (κ1) is 16.0. The Morgan fingerprint density at radius 3 is 2.68 bits per heavy atom. The minimum Gasteiger partial charge on any atom is -0.493 e. The molecule has 0 aliphatic carbocycles. The molecule has 19 heavy (non-hydrogen) atoms. The van der Waals surface area contributed by atoms with Gasteiger partial charge in [-0.2, -0.15) is 0 Å². The maximum absolute atomic E-state index is 6.00. The highest BCUT2D eigenvalue weighted by Gasteiger charge is 2.06. The fourth-order valence-electron chi connectivity index (χ4n) is 2.20. The summed E-state index contributed by atoms with van der Waals surface area (Å²) in [6, 6.07) is 6.46. The van der Waals surface area contributed by atoms with Crippen molar-refractivity contribution >= 4 is 0 Å². The second-order valence-electron chi connectivity index (χ2n) is 5.49. The van der Waals surface area contributed by atoms with E-state index >= 15 is 0 Å². The Morgan fingerprint density at radius 2 is 2.00 bits per heavy atom. The Morgan fingerprint density at radius 1 is 1.21 bits per heavy atom. The van der Waals surface area contributed by atoms with Crippen LogP contribution in [0.25, 0.3) is 0 Å². The molecule has 0 heterocycles. The first-order valence-corrected chi connectivity index (χ1v) is 7.60. The van der Waals surface area contributed by atoms with Crippen LogP contribution in [0.1, 0.15) is 51.2 Å². The van der Waals surface area contributed by atoms with Crippen LogP contribution in [-0.2, 0) is 6.54 Å². The molecule has 1 unspecified atom stereocenters. The van der Waals surface area contributed by atoms with Crippen molar-refractivity contribution in [2.45, 2.75) is 53.5 Å². The molecular weight excluding hydrogens is 234 g/mol. The fraction of sp³-hybridized carbons (Fsp3) is 0.647. The molecule has 2 nitrogen and oxygen atoms in total. The average Bonchev–Trinajstić information content (AvgIpc) is 2.38. The lowest BCUT2D eigenvalue weighted by atomic mass is 10.1. The third kappa shape index (κ3) is 6.11. The molecular formula is C17H29NO. The van der Waals surface area contributed by atoms with Crippen molar-refractivity contribution in [1.29, 1.82) is 0 Å². The standard InChI is InChI=1S/C17H29NO/c1-5-7-15(4)13-19-17-9-8-14(3)11-16(17)12-18-10-6-2/h8-9,11,15,18H,5-7,10,12-13H2,1-4H3. The Hall–Kier alpha value is -1.02. The van der Waals surface area contributed by atoms with Gasteiger partial charge >= 0.3 is 0 Å². The van der Waals surface area contributed by atoms with Gasteiger partial charge in [0.25, 0.3) is 0 Å². The largest absolute Gasteiger partial charge is 0.493 e. The third-order valence-corrected chi connectivity index (χ3v) is 3.26. The molecule has 0 aromatic heterocycles. The van der Waals surface area contributed by atoms with E-state index < -0.39 is 0 Å². The zero-order valence-corrected chi connectivity index (χ0v) is 13.0. The minimum atomic E-state index is 0.628. The number of benzene rings is 1. The van der Waals surface area contributed by atoms with Gasteiger partial charge in [-0.25, -0.2) is 0 Å². The van der Waals surface area contributed by atoms with Gasteiger partial charge in [-0.1, -0.05) is 44.9 Å². The molecule has 1 rings (SSSR count). The zero-order valence-electron chi connectivity index (χ0n) is 13.0. The van der Waals surface area contributed by atoms with Crippen LogP contribution in [0, 0.1) is 12.8 Å². The van der Waals surface area contributed by atoms with Crippen molar-refractivity contribution in [1.82, 2.24) is 5.32 Å². The van der Waals surface area contributed by atoms with E-state index in [-0.39, 0.29) is 0 Å². The van der Waals surface area contributed by atoms with Crippen molar-refractivity contribution in [3.8, 4) is 5.75 Å². The van der Waals surface area contributed by atoms with Gasteiger partial charge in [-0.3, -0.25) is 0 Å². The van der Waals surface area contributed by atoms with Gasteiger partial charge in [0.2, 0.25) is 0 Å². The average molecular weight is 263 g/mol. The van der Waals surface area contributed by atoms with Crippen molar-refractivity contribution in [3.63, 3.8) is 0 Å². The second-order valence-corrected chi connectivity index (χ2v) is 5.49. The highest BCUT2D eigenvalue weighted by atomic mass is 16.5. The van der Waals surface area contributed by atoms with Gasteiger partial charge in [0, 0.05) is 12.1 Å². The molecule has 0 amide bonds. The topological polar surface area (TPSA) is 21.3 Å².